The van der Waals surface area contributed by atoms with Crippen molar-refractivity contribution in [1.29, 1.82) is 0 Å². The first-order valence-electron chi connectivity index (χ1n) is 8.76. The summed E-state index contributed by atoms with van der Waals surface area (Å²) in [6.07, 6.45) is 0. The number of thiocarbonyl (C=S) groups is 1. The van der Waals surface area contributed by atoms with E-state index in [1.165, 1.54) is 0 Å². The van der Waals surface area contributed by atoms with Crippen molar-refractivity contribution in [3.05, 3.63) is 53.9 Å². The molecule has 3 N–H and O–H groups in total. The third kappa shape index (κ3) is 5.21. The van der Waals surface area contributed by atoms with Crippen LogP contribution >= 0.6 is 24.0 Å². The van der Waals surface area contributed by atoms with Crippen molar-refractivity contribution in [2.75, 3.05) is 5.32 Å². The number of hydrogen-bond acceptors (Lipinski definition) is 4. The van der Waals surface area contributed by atoms with E-state index in [1.54, 1.807) is 36.4 Å². The van der Waals surface area contributed by atoms with Gasteiger partial charge in [0, 0.05) is 22.7 Å². The predicted molar refractivity (Wildman–Crippen MR) is 115 cm³/mol. The molecule has 152 valence electrons. The fraction of sp³-hybridized carbons (Fsp3) is 0.211. The molecule has 0 unspecified atom stereocenters. The van der Waals surface area contributed by atoms with Gasteiger partial charge in [0.25, 0.3) is 11.7 Å². The van der Waals surface area contributed by atoms with Crippen molar-refractivity contribution in [2.24, 2.45) is 0 Å². The van der Waals surface area contributed by atoms with E-state index in [2.05, 4.69) is 25.7 Å². The summed E-state index contributed by atoms with van der Waals surface area (Å²) in [6, 6.07) is 11.7. The molecule has 6 nitrogen and oxygen atoms in total. The number of halogens is 2. The molecule has 0 fully saturated rings. The Kier molecular flexibility index (Phi) is 6.65. The highest BCUT2D eigenvalue weighted by molar-refractivity contribution is 7.99. The molecule has 0 aliphatic heterocycles. The molecule has 0 saturated heterocycles. The fourth-order valence-electron chi connectivity index (χ4n) is 2.86. The van der Waals surface area contributed by atoms with Crippen molar-refractivity contribution < 1.29 is 13.6 Å². The van der Waals surface area contributed by atoms with Crippen molar-refractivity contribution >= 4 is 51.7 Å². The molecule has 0 saturated carbocycles. The summed E-state index contributed by atoms with van der Waals surface area (Å²) in [5, 5.41) is 3.04. The Morgan fingerprint density at radius 3 is 2.59 bits per heavy atom. The molecule has 0 radical (unpaired) electrons. The van der Waals surface area contributed by atoms with E-state index < -0.39 is 5.76 Å². The smallest absolute Gasteiger partial charge is 0.288 e. The molecular weight excluding hydrogens is 416 g/mol. The van der Waals surface area contributed by atoms with E-state index in [4.69, 9.17) is 12.2 Å². The number of nitrogens with one attached hydrogen (secondary N) is 3. The van der Waals surface area contributed by atoms with Gasteiger partial charge in [-0.25, -0.2) is 4.98 Å². The summed E-state index contributed by atoms with van der Waals surface area (Å²) >= 11 is 5.61. The summed E-state index contributed by atoms with van der Waals surface area (Å²) in [5.41, 5.74) is 7.92. The zero-order valence-corrected chi connectivity index (χ0v) is 17.3. The van der Waals surface area contributed by atoms with Gasteiger partial charge in [-0.1, -0.05) is 11.8 Å². The van der Waals surface area contributed by atoms with Crippen LogP contribution in [0.2, 0.25) is 0 Å². The molecule has 3 rings (SSSR count). The van der Waals surface area contributed by atoms with Crippen LogP contribution in [0.1, 0.15) is 23.1 Å². The molecule has 1 aromatic heterocycles. The molecule has 0 bridgehead atoms. The number of rotatable bonds is 5. The molecule has 1 heterocycles. The van der Waals surface area contributed by atoms with Crippen LogP contribution in [0.25, 0.3) is 11.0 Å². The lowest BCUT2D eigenvalue weighted by Gasteiger charge is -2.12. The van der Waals surface area contributed by atoms with E-state index in [0.29, 0.717) is 27.9 Å². The Morgan fingerprint density at radius 1 is 1.21 bits per heavy atom. The molecule has 2 aromatic carbocycles. The zero-order valence-electron chi connectivity index (χ0n) is 15.7. The molecule has 0 aliphatic carbocycles. The molecule has 29 heavy (non-hydrogen) atoms. The number of imidazole rings is 1. The number of nitrogens with zero attached hydrogens (tertiary/aromatic N) is 2. The Hall–Kier alpha value is -2.72. The SMILES string of the molecule is CCn1c(C)nc2cc(C(=O)NNC(=S)Nc3ccc(SC(F)F)cc3)ccc21. The molecule has 3 aromatic rings. The number of hydrazine groups is 1. The van der Waals surface area contributed by atoms with E-state index in [-0.39, 0.29) is 11.0 Å². The van der Waals surface area contributed by atoms with Crippen LogP contribution < -0.4 is 16.2 Å². The molecule has 0 atom stereocenters. The van der Waals surface area contributed by atoms with Crippen LogP contribution in [-0.2, 0) is 6.54 Å². The Morgan fingerprint density at radius 2 is 1.93 bits per heavy atom. The minimum Gasteiger partial charge on any atom is -0.331 e. The minimum atomic E-state index is -2.47. The van der Waals surface area contributed by atoms with Crippen LogP contribution in [-0.4, -0.2) is 26.3 Å². The fourth-order valence-corrected chi connectivity index (χ4v) is 3.53. The quantitative estimate of drug-likeness (QED) is 0.315. The number of carbonyl (C=O) groups is 1. The van der Waals surface area contributed by atoms with E-state index >= 15 is 0 Å². The number of fused-ring (bicyclic) bond motifs is 1. The monoisotopic (exact) mass is 435 g/mol. The number of hydrogen-bond donors (Lipinski definition) is 3. The van der Waals surface area contributed by atoms with Gasteiger partial charge in [0.05, 0.1) is 11.0 Å². The van der Waals surface area contributed by atoms with E-state index in [0.717, 1.165) is 23.4 Å². The highest BCUT2D eigenvalue weighted by atomic mass is 32.2. The molecule has 1 amide bonds. The van der Waals surface area contributed by atoms with Crippen LogP contribution in [0.5, 0.6) is 0 Å². The summed E-state index contributed by atoms with van der Waals surface area (Å²) in [4.78, 5) is 17.3. The van der Waals surface area contributed by atoms with Gasteiger partial charge in [0.2, 0.25) is 0 Å². The summed E-state index contributed by atoms with van der Waals surface area (Å²) < 4.78 is 26.8. The van der Waals surface area contributed by atoms with Crippen molar-refractivity contribution in [1.82, 2.24) is 20.4 Å². The van der Waals surface area contributed by atoms with E-state index in [9.17, 15) is 13.6 Å². The maximum atomic E-state index is 12.4. The number of benzene rings is 2. The molecule has 0 aliphatic rings. The number of aromatic nitrogens is 2. The summed E-state index contributed by atoms with van der Waals surface area (Å²) in [6.45, 7) is 4.77. The number of anilines is 1. The van der Waals surface area contributed by atoms with Crippen molar-refractivity contribution in [3.8, 4) is 0 Å². The third-order valence-corrected chi connectivity index (χ3v) is 5.07. The molecule has 0 spiro atoms. The second-order valence-corrected chi connectivity index (χ2v) is 7.51. The van der Waals surface area contributed by atoms with Crippen LogP contribution in [0.3, 0.4) is 0 Å². The first kappa shape index (κ1) is 21.0. The van der Waals surface area contributed by atoms with Crippen molar-refractivity contribution in [2.45, 2.75) is 31.0 Å². The van der Waals surface area contributed by atoms with Gasteiger partial charge in [0.1, 0.15) is 5.82 Å². The lowest BCUT2D eigenvalue weighted by molar-refractivity contribution is 0.0944. The molecule has 10 heteroatoms. The van der Waals surface area contributed by atoms with Gasteiger partial charge in [0.15, 0.2) is 5.11 Å². The number of thioether (sulfide) groups is 1. The second kappa shape index (κ2) is 9.19. The standard InChI is InChI=1S/C19H19F2N5OS2/c1-3-26-11(2)22-15-10-12(4-9-16(15)26)17(27)24-25-19(28)23-13-5-7-14(8-6-13)29-18(20)21/h4-10,18H,3H2,1-2H3,(H,24,27)(H2,23,25,28). The Balaban J connectivity index is 1.57. The summed E-state index contributed by atoms with van der Waals surface area (Å²) in [7, 11) is 0. The third-order valence-electron chi connectivity index (χ3n) is 4.14. The highest BCUT2D eigenvalue weighted by Gasteiger charge is 2.11. The van der Waals surface area contributed by atoms with Crippen molar-refractivity contribution in [3.63, 3.8) is 0 Å². The van der Waals surface area contributed by atoms with Crippen LogP contribution in [0.15, 0.2) is 47.4 Å². The number of aryl methyl sites for hydroxylation is 2. The predicted octanol–water partition coefficient (Wildman–Crippen LogP) is 4.31. The Bertz CT molecular complexity index is 1040. The first-order chi connectivity index (χ1) is 13.9. The van der Waals surface area contributed by atoms with Gasteiger partial charge < -0.3 is 9.88 Å². The normalized spacial score (nSPS) is 10.9. The van der Waals surface area contributed by atoms with Gasteiger partial charge in [-0.2, -0.15) is 8.78 Å². The van der Waals surface area contributed by atoms with Crippen LogP contribution in [0.4, 0.5) is 14.5 Å². The van der Waals surface area contributed by atoms with E-state index in [1.807, 2.05) is 19.9 Å². The maximum Gasteiger partial charge on any atom is 0.288 e. The largest absolute Gasteiger partial charge is 0.331 e. The van der Waals surface area contributed by atoms with Crippen LogP contribution in [0, 0.1) is 6.92 Å². The topological polar surface area (TPSA) is 71.0 Å². The average Bonchev–Trinajstić information content (AvgIpc) is 3.01. The zero-order chi connectivity index (χ0) is 21.0. The van der Waals surface area contributed by atoms with Gasteiger partial charge >= 0.3 is 0 Å². The van der Waals surface area contributed by atoms with Gasteiger partial charge in [-0.15, -0.1) is 0 Å². The minimum absolute atomic E-state index is 0.166. The Labute approximate surface area is 176 Å². The molecular formula is C19H19F2N5OS2. The lowest BCUT2D eigenvalue weighted by atomic mass is 10.2. The maximum absolute atomic E-state index is 12.4. The second-order valence-electron chi connectivity index (χ2n) is 6.04. The number of alkyl halides is 2. The highest BCUT2D eigenvalue weighted by Crippen LogP contribution is 2.26. The van der Waals surface area contributed by atoms with Gasteiger partial charge in [-0.3, -0.25) is 15.6 Å². The lowest BCUT2D eigenvalue weighted by Crippen LogP contribution is -2.43. The average molecular weight is 436 g/mol. The number of amides is 1. The summed E-state index contributed by atoms with van der Waals surface area (Å²) in [5.74, 6) is -1.93. The van der Waals surface area contributed by atoms with Gasteiger partial charge in [-0.05, 0) is 68.5 Å². The number of carbonyl (C=O) groups excluding carboxylic acids is 1. The first-order valence-corrected chi connectivity index (χ1v) is 10.0.